The van der Waals surface area contributed by atoms with Gasteiger partial charge in [-0.2, -0.15) is 0 Å². The van der Waals surface area contributed by atoms with E-state index in [4.69, 9.17) is 4.74 Å². The first-order chi connectivity index (χ1) is 14.9. The summed E-state index contributed by atoms with van der Waals surface area (Å²) in [5, 5.41) is 0. The summed E-state index contributed by atoms with van der Waals surface area (Å²) < 4.78 is 47.0. The van der Waals surface area contributed by atoms with Gasteiger partial charge in [-0.05, 0) is 60.9 Å². The van der Waals surface area contributed by atoms with Crippen molar-refractivity contribution in [2.24, 2.45) is 0 Å². The molecule has 0 aromatic heterocycles. The number of carbonyl (C=O) groups excluding carboxylic acids is 1. The van der Waals surface area contributed by atoms with Crippen LogP contribution < -0.4 is 14.4 Å². The second-order valence-electron chi connectivity index (χ2n) is 7.17. The van der Waals surface area contributed by atoms with Crippen LogP contribution in [-0.2, 0) is 16.4 Å². The second kappa shape index (κ2) is 8.39. The van der Waals surface area contributed by atoms with E-state index >= 15 is 0 Å². The molecule has 0 saturated carbocycles. The largest absolute Gasteiger partial charge is 0.495 e. The molecule has 3 aromatic carbocycles. The van der Waals surface area contributed by atoms with Gasteiger partial charge in [0.1, 0.15) is 16.5 Å². The van der Waals surface area contributed by atoms with Crippen LogP contribution >= 0.6 is 0 Å². The molecule has 160 valence electrons. The first-order valence-electron chi connectivity index (χ1n) is 9.75. The summed E-state index contributed by atoms with van der Waals surface area (Å²) in [6, 6.07) is 17.3. The molecule has 1 aliphatic heterocycles. The maximum absolute atomic E-state index is 13.7. The molecule has 8 heteroatoms. The van der Waals surface area contributed by atoms with Crippen molar-refractivity contribution in [3.63, 3.8) is 0 Å². The highest BCUT2D eigenvalue weighted by molar-refractivity contribution is 7.92. The monoisotopic (exact) mass is 440 g/mol. The predicted molar refractivity (Wildman–Crippen MR) is 117 cm³/mol. The Labute approximate surface area is 180 Å². The van der Waals surface area contributed by atoms with E-state index in [9.17, 15) is 17.6 Å². The van der Waals surface area contributed by atoms with Gasteiger partial charge < -0.3 is 9.64 Å². The van der Waals surface area contributed by atoms with Gasteiger partial charge in [-0.15, -0.1) is 0 Å². The second-order valence-corrected chi connectivity index (χ2v) is 8.82. The summed E-state index contributed by atoms with van der Waals surface area (Å²) in [5.74, 6) is -0.799. The Morgan fingerprint density at radius 1 is 1.06 bits per heavy atom. The maximum atomic E-state index is 13.7. The highest BCUT2D eigenvalue weighted by atomic mass is 32.2. The molecule has 1 aliphatic rings. The van der Waals surface area contributed by atoms with Crippen molar-refractivity contribution in [1.29, 1.82) is 0 Å². The van der Waals surface area contributed by atoms with Gasteiger partial charge in [0.2, 0.25) is 0 Å². The molecular formula is C23H21FN2O4S. The van der Waals surface area contributed by atoms with Crippen molar-refractivity contribution >= 4 is 27.3 Å². The zero-order valence-electron chi connectivity index (χ0n) is 16.8. The van der Waals surface area contributed by atoms with E-state index in [0.29, 0.717) is 17.8 Å². The van der Waals surface area contributed by atoms with Gasteiger partial charge in [0.25, 0.3) is 15.9 Å². The summed E-state index contributed by atoms with van der Waals surface area (Å²) in [7, 11) is -2.80. The number of hydrogen-bond acceptors (Lipinski definition) is 4. The molecule has 1 N–H and O–H groups in total. The number of methoxy groups -OCH3 is 1. The summed E-state index contributed by atoms with van der Waals surface area (Å²) in [6.07, 6.45) is 1.61. The highest BCUT2D eigenvalue weighted by Gasteiger charge is 2.25. The number of sulfonamides is 1. The molecule has 0 spiro atoms. The third-order valence-corrected chi connectivity index (χ3v) is 6.54. The van der Waals surface area contributed by atoms with E-state index in [-0.39, 0.29) is 22.2 Å². The van der Waals surface area contributed by atoms with Crippen LogP contribution in [0.4, 0.5) is 15.8 Å². The smallest absolute Gasteiger partial charge is 0.265 e. The average Bonchev–Trinajstić information content (AvgIpc) is 2.78. The number of fused-ring (bicyclic) bond motifs is 1. The number of ether oxygens (including phenoxy) is 1. The van der Waals surface area contributed by atoms with Crippen molar-refractivity contribution in [1.82, 2.24) is 0 Å². The molecule has 0 aliphatic carbocycles. The summed E-state index contributed by atoms with van der Waals surface area (Å²) >= 11 is 0. The van der Waals surface area contributed by atoms with Crippen LogP contribution in [0.15, 0.2) is 71.6 Å². The van der Waals surface area contributed by atoms with Crippen LogP contribution in [0.3, 0.4) is 0 Å². The third-order valence-electron chi connectivity index (χ3n) is 5.14. The summed E-state index contributed by atoms with van der Waals surface area (Å²) in [5.41, 5.74) is 2.46. The third kappa shape index (κ3) is 4.25. The number of nitrogens with one attached hydrogen (secondary N) is 1. The van der Waals surface area contributed by atoms with Crippen LogP contribution in [-0.4, -0.2) is 28.0 Å². The zero-order chi connectivity index (χ0) is 22.0. The van der Waals surface area contributed by atoms with E-state index in [1.807, 2.05) is 6.07 Å². The summed E-state index contributed by atoms with van der Waals surface area (Å²) in [6.45, 7) is 0.536. The Hall–Kier alpha value is -3.39. The van der Waals surface area contributed by atoms with Gasteiger partial charge in [0, 0.05) is 17.8 Å². The van der Waals surface area contributed by atoms with Crippen LogP contribution in [0.2, 0.25) is 0 Å². The minimum Gasteiger partial charge on any atom is -0.495 e. The van der Waals surface area contributed by atoms with E-state index in [2.05, 4.69) is 4.72 Å². The fraction of sp³-hybridized carbons (Fsp3) is 0.174. The van der Waals surface area contributed by atoms with Crippen LogP contribution in [0, 0.1) is 5.82 Å². The predicted octanol–water partition coefficient (Wildman–Crippen LogP) is 4.23. The Morgan fingerprint density at radius 2 is 1.84 bits per heavy atom. The molecule has 31 heavy (non-hydrogen) atoms. The summed E-state index contributed by atoms with van der Waals surface area (Å²) in [4.78, 5) is 14.4. The zero-order valence-corrected chi connectivity index (χ0v) is 17.7. The molecule has 6 nitrogen and oxygen atoms in total. The van der Waals surface area contributed by atoms with Crippen LogP contribution in [0.1, 0.15) is 22.3 Å². The van der Waals surface area contributed by atoms with E-state index in [0.717, 1.165) is 30.5 Å². The van der Waals surface area contributed by atoms with Crippen molar-refractivity contribution < 1.29 is 22.3 Å². The molecule has 0 fully saturated rings. The number of carbonyl (C=O) groups is 1. The van der Waals surface area contributed by atoms with E-state index in [1.54, 1.807) is 47.4 Å². The standard InChI is InChI=1S/C23H21FN2O4S/c1-30-21-12-10-18(24)14-22(21)31(28,29)25-19-11-9-16-8-5-13-26(20(16)15-19)23(27)17-6-3-2-4-7-17/h2-4,6-7,9-12,14-15,25H,5,8,13H2,1H3. The number of anilines is 2. The Kier molecular flexibility index (Phi) is 5.65. The Balaban J connectivity index is 1.68. The van der Waals surface area contributed by atoms with Gasteiger partial charge >= 0.3 is 0 Å². The van der Waals surface area contributed by atoms with Gasteiger partial charge in [-0.3, -0.25) is 9.52 Å². The van der Waals surface area contributed by atoms with Crippen molar-refractivity contribution in [2.45, 2.75) is 17.7 Å². The maximum Gasteiger partial charge on any atom is 0.265 e. The van der Waals surface area contributed by atoms with Gasteiger partial charge in [-0.1, -0.05) is 24.3 Å². The van der Waals surface area contributed by atoms with Crippen LogP contribution in [0.25, 0.3) is 0 Å². The molecule has 3 aromatic rings. The molecule has 0 radical (unpaired) electrons. The number of nitrogens with zero attached hydrogens (tertiary/aromatic N) is 1. The van der Waals surface area contributed by atoms with E-state index in [1.165, 1.54) is 13.2 Å². The fourth-order valence-electron chi connectivity index (χ4n) is 3.66. The quantitative estimate of drug-likeness (QED) is 0.644. The lowest BCUT2D eigenvalue weighted by Gasteiger charge is -2.30. The molecule has 0 saturated heterocycles. The SMILES string of the molecule is COc1ccc(F)cc1S(=O)(=O)Nc1ccc2c(c1)N(C(=O)c1ccccc1)CCC2. The Bertz CT molecular complexity index is 1230. The number of hydrogen-bond donors (Lipinski definition) is 1. The van der Waals surface area contributed by atoms with Crippen LogP contribution in [0.5, 0.6) is 5.75 Å². The lowest BCUT2D eigenvalue weighted by molar-refractivity contribution is 0.0985. The molecule has 0 unspecified atom stereocenters. The number of benzene rings is 3. The number of rotatable bonds is 5. The van der Waals surface area contributed by atoms with Gasteiger partial charge in [-0.25, -0.2) is 12.8 Å². The molecule has 1 heterocycles. The Morgan fingerprint density at radius 3 is 2.58 bits per heavy atom. The average molecular weight is 440 g/mol. The van der Waals surface area contributed by atoms with Crippen molar-refractivity contribution in [3.8, 4) is 5.75 Å². The minimum atomic E-state index is -4.11. The van der Waals surface area contributed by atoms with E-state index < -0.39 is 15.8 Å². The molecule has 4 rings (SSSR count). The fourth-order valence-corrected chi connectivity index (χ4v) is 4.89. The molecule has 0 bridgehead atoms. The number of aryl methyl sites for hydroxylation is 1. The first-order valence-corrected chi connectivity index (χ1v) is 11.2. The van der Waals surface area contributed by atoms with Gasteiger partial charge in [0.15, 0.2) is 0 Å². The number of amides is 1. The minimum absolute atomic E-state index is 0.0349. The lowest BCUT2D eigenvalue weighted by atomic mass is 10.00. The lowest BCUT2D eigenvalue weighted by Crippen LogP contribution is -2.35. The molecule has 0 atom stereocenters. The van der Waals surface area contributed by atoms with Crippen molar-refractivity contribution in [2.75, 3.05) is 23.3 Å². The molecular weight excluding hydrogens is 419 g/mol. The van der Waals surface area contributed by atoms with Gasteiger partial charge in [0.05, 0.1) is 12.8 Å². The first kappa shape index (κ1) is 20.9. The topological polar surface area (TPSA) is 75.7 Å². The highest BCUT2D eigenvalue weighted by Crippen LogP contribution is 2.33. The number of halogens is 1. The molecule has 1 amide bonds. The normalized spacial score (nSPS) is 13.4. The van der Waals surface area contributed by atoms with Crippen molar-refractivity contribution in [3.05, 3.63) is 83.7 Å².